The van der Waals surface area contributed by atoms with E-state index < -0.39 is 52.7 Å². The largest absolute Gasteiger partial charge is 0.490 e. The van der Waals surface area contributed by atoms with E-state index >= 15 is 0 Å². The van der Waals surface area contributed by atoms with Gasteiger partial charge in [0.25, 0.3) is 5.91 Å². The lowest BCUT2D eigenvalue weighted by atomic mass is 10.1. The molecule has 0 spiro atoms. The van der Waals surface area contributed by atoms with Gasteiger partial charge in [0.1, 0.15) is 5.56 Å². The zero-order valence-corrected chi connectivity index (χ0v) is 11.3. The normalized spacial score (nSPS) is 10.7. The zero-order chi connectivity index (χ0) is 19.2. The van der Waals surface area contributed by atoms with Crippen LogP contribution in [0.4, 0.5) is 35.1 Å². The maximum atomic E-state index is 13.1. The van der Waals surface area contributed by atoms with Crippen LogP contribution in [0, 0.1) is 29.1 Å². The Morgan fingerprint density at radius 1 is 0.917 bits per heavy atom. The van der Waals surface area contributed by atoms with E-state index in [1.165, 1.54) is 0 Å². The Labute approximate surface area is 128 Å². The van der Waals surface area contributed by atoms with Gasteiger partial charge in [0.15, 0.2) is 23.3 Å². The molecule has 0 atom stereocenters. The number of carbonyl (C=O) groups excluding carboxylic acids is 1. The van der Waals surface area contributed by atoms with Gasteiger partial charge in [-0.2, -0.15) is 13.2 Å². The third kappa shape index (κ3) is 5.33. The van der Waals surface area contributed by atoms with Crippen LogP contribution < -0.4 is 11.1 Å². The molecule has 0 bridgehead atoms. The molecule has 0 unspecified atom stereocenters. The second-order valence-electron chi connectivity index (χ2n) is 3.79. The first-order chi connectivity index (χ1) is 10.9. The fourth-order valence-corrected chi connectivity index (χ4v) is 1.08. The lowest BCUT2D eigenvalue weighted by molar-refractivity contribution is -0.192. The molecule has 0 aliphatic rings. The van der Waals surface area contributed by atoms with Crippen molar-refractivity contribution >= 4 is 11.9 Å². The number of carboxylic acids is 1. The van der Waals surface area contributed by atoms with E-state index in [-0.39, 0.29) is 13.1 Å². The SMILES string of the molecule is NCCNC(=O)c1c(F)c(F)c(F)c(F)c1F.O=C(O)C(F)(F)F. The van der Waals surface area contributed by atoms with E-state index in [0.717, 1.165) is 0 Å². The summed E-state index contributed by atoms with van der Waals surface area (Å²) >= 11 is 0. The number of nitrogens with two attached hydrogens (primary N) is 1. The summed E-state index contributed by atoms with van der Waals surface area (Å²) in [5, 5.41) is 9.03. The predicted octanol–water partition coefficient (Wildman–Crippen LogP) is 1.70. The summed E-state index contributed by atoms with van der Waals surface area (Å²) in [6.45, 7) is -0.195. The van der Waals surface area contributed by atoms with Gasteiger partial charge in [-0.15, -0.1) is 0 Å². The number of hydrogen-bond acceptors (Lipinski definition) is 3. The molecule has 0 aromatic heterocycles. The van der Waals surface area contributed by atoms with Crippen molar-refractivity contribution < 1.29 is 49.8 Å². The molecule has 5 nitrogen and oxygen atoms in total. The van der Waals surface area contributed by atoms with Crippen LogP contribution in [0.1, 0.15) is 10.4 Å². The highest BCUT2D eigenvalue weighted by atomic mass is 19.4. The quantitative estimate of drug-likeness (QED) is 0.430. The van der Waals surface area contributed by atoms with E-state index in [9.17, 15) is 39.9 Å². The maximum absolute atomic E-state index is 13.1. The fraction of sp³-hybridized carbons (Fsp3) is 0.273. The van der Waals surface area contributed by atoms with Crippen molar-refractivity contribution in [3.63, 3.8) is 0 Å². The smallest absolute Gasteiger partial charge is 0.475 e. The number of nitrogens with one attached hydrogen (secondary N) is 1. The minimum absolute atomic E-state index is 0.0405. The third-order valence-electron chi connectivity index (χ3n) is 2.11. The van der Waals surface area contributed by atoms with Crippen LogP contribution in [-0.2, 0) is 4.79 Å². The van der Waals surface area contributed by atoms with E-state index in [1.807, 2.05) is 5.32 Å². The minimum atomic E-state index is -5.08. The lowest BCUT2D eigenvalue weighted by Crippen LogP contribution is -2.31. The molecule has 0 radical (unpaired) electrons. The molecule has 0 aliphatic heterocycles. The van der Waals surface area contributed by atoms with Gasteiger partial charge in [-0.05, 0) is 0 Å². The number of amides is 1. The fourth-order valence-electron chi connectivity index (χ4n) is 1.08. The molecular formula is C11H8F8N2O3. The summed E-state index contributed by atoms with van der Waals surface area (Å²) < 4.78 is 95.9. The molecule has 1 aromatic rings. The van der Waals surface area contributed by atoms with E-state index in [2.05, 4.69) is 0 Å². The lowest BCUT2D eigenvalue weighted by Gasteiger charge is -2.08. The van der Waals surface area contributed by atoms with Crippen LogP contribution in [0.25, 0.3) is 0 Å². The zero-order valence-electron chi connectivity index (χ0n) is 11.3. The van der Waals surface area contributed by atoms with Gasteiger partial charge in [0.05, 0.1) is 0 Å². The number of aliphatic carboxylic acids is 1. The average molecular weight is 368 g/mol. The van der Waals surface area contributed by atoms with Crippen LogP contribution in [-0.4, -0.2) is 36.2 Å². The predicted molar refractivity (Wildman–Crippen MR) is 61.3 cm³/mol. The van der Waals surface area contributed by atoms with Gasteiger partial charge in [0, 0.05) is 13.1 Å². The van der Waals surface area contributed by atoms with Gasteiger partial charge in [0.2, 0.25) is 5.82 Å². The van der Waals surface area contributed by atoms with E-state index in [0.29, 0.717) is 0 Å². The Morgan fingerprint density at radius 2 is 1.25 bits per heavy atom. The molecule has 4 N–H and O–H groups in total. The summed E-state index contributed by atoms with van der Waals surface area (Å²) in [5.41, 5.74) is 3.49. The van der Waals surface area contributed by atoms with E-state index in [4.69, 9.17) is 15.6 Å². The van der Waals surface area contributed by atoms with Gasteiger partial charge >= 0.3 is 12.1 Å². The van der Waals surface area contributed by atoms with Crippen LogP contribution in [0.5, 0.6) is 0 Å². The monoisotopic (exact) mass is 368 g/mol. The van der Waals surface area contributed by atoms with Crippen LogP contribution in [0.2, 0.25) is 0 Å². The van der Waals surface area contributed by atoms with Crippen molar-refractivity contribution in [3.05, 3.63) is 34.6 Å². The molecule has 0 saturated carbocycles. The molecule has 1 aromatic carbocycles. The average Bonchev–Trinajstić information content (AvgIpc) is 2.48. The number of alkyl halides is 3. The molecule has 13 heteroatoms. The number of benzene rings is 1. The number of halogens is 8. The van der Waals surface area contributed by atoms with Gasteiger partial charge in [-0.3, -0.25) is 4.79 Å². The number of carboxylic acid groups (broad SMARTS) is 1. The molecule has 0 heterocycles. The topological polar surface area (TPSA) is 92.4 Å². The highest BCUT2D eigenvalue weighted by Crippen LogP contribution is 2.22. The summed E-state index contributed by atoms with van der Waals surface area (Å²) in [6.07, 6.45) is -5.08. The minimum Gasteiger partial charge on any atom is -0.475 e. The van der Waals surface area contributed by atoms with Gasteiger partial charge < -0.3 is 16.2 Å². The van der Waals surface area contributed by atoms with Crippen molar-refractivity contribution in [2.75, 3.05) is 13.1 Å². The Hall–Kier alpha value is -2.44. The number of rotatable bonds is 3. The standard InChI is InChI=1S/C9H7F5N2O.C2HF3O2/c10-4-3(9(17)16-2-1-15)5(11)7(13)8(14)6(4)12;3-2(4,5)1(6)7/h1-2,15H2,(H,16,17);(H,6,7). The summed E-state index contributed by atoms with van der Waals surface area (Å²) in [4.78, 5) is 20.1. The molecule has 0 saturated heterocycles. The molecule has 24 heavy (non-hydrogen) atoms. The first-order valence-electron chi connectivity index (χ1n) is 5.66. The van der Waals surface area contributed by atoms with Crippen molar-refractivity contribution in [2.45, 2.75) is 6.18 Å². The van der Waals surface area contributed by atoms with Crippen molar-refractivity contribution in [3.8, 4) is 0 Å². The van der Waals surface area contributed by atoms with Crippen LogP contribution in [0.3, 0.4) is 0 Å². The Bertz CT molecular complexity index is 604. The first kappa shape index (κ1) is 21.6. The van der Waals surface area contributed by atoms with Crippen molar-refractivity contribution in [1.29, 1.82) is 0 Å². The summed E-state index contributed by atoms with van der Waals surface area (Å²) in [7, 11) is 0. The highest BCUT2D eigenvalue weighted by molar-refractivity contribution is 5.94. The van der Waals surface area contributed by atoms with E-state index in [1.54, 1.807) is 0 Å². The molecular weight excluding hydrogens is 360 g/mol. The van der Waals surface area contributed by atoms with Gasteiger partial charge in [-0.1, -0.05) is 0 Å². The van der Waals surface area contributed by atoms with Crippen LogP contribution >= 0.6 is 0 Å². The summed E-state index contributed by atoms with van der Waals surface area (Å²) in [6, 6.07) is 0. The number of hydrogen-bond donors (Lipinski definition) is 3. The number of carbonyl (C=O) groups is 2. The molecule has 0 fully saturated rings. The molecule has 1 amide bonds. The van der Waals surface area contributed by atoms with Crippen LogP contribution in [0.15, 0.2) is 0 Å². The second-order valence-corrected chi connectivity index (χ2v) is 3.79. The van der Waals surface area contributed by atoms with Gasteiger partial charge in [-0.25, -0.2) is 26.7 Å². The summed E-state index contributed by atoms with van der Waals surface area (Å²) in [5.74, 6) is -15.2. The molecule has 1 rings (SSSR count). The Balaban J connectivity index is 0.000000640. The second kappa shape index (κ2) is 8.42. The maximum Gasteiger partial charge on any atom is 0.490 e. The van der Waals surface area contributed by atoms with Crippen molar-refractivity contribution in [2.24, 2.45) is 5.73 Å². The molecule has 0 aliphatic carbocycles. The third-order valence-corrected chi connectivity index (χ3v) is 2.11. The Morgan fingerprint density at radius 3 is 1.54 bits per heavy atom. The Kier molecular flexibility index (Phi) is 7.57. The first-order valence-corrected chi connectivity index (χ1v) is 5.66. The highest BCUT2D eigenvalue weighted by Gasteiger charge is 2.38. The van der Waals surface area contributed by atoms with Crippen molar-refractivity contribution in [1.82, 2.24) is 5.32 Å². The molecule has 136 valence electrons.